The summed E-state index contributed by atoms with van der Waals surface area (Å²) in [4.78, 5) is 24.3. The van der Waals surface area contributed by atoms with E-state index in [9.17, 15) is 9.59 Å². The van der Waals surface area contributed by atoms with Crippen LogP contribution in [0.3, 0.4) is 0 Å². The van der Waals surface area contributed by atoms with Gasteiger partial charge in [0.15, 0.2) is 0 Å². The molecule has 0 aliphatic carbocycles. The largest absolute Gasteiger partial charge is 0.459 e. The van der Waals surface area contributed by atoms with Gasteiger partial charge in [-0.25, -0.2) is 9.59 Å². The van der Waals surface area contributed by atoms with Gasteiger partial charge in [0, 0.05) is 6.61 Å². The second-order valence-corrected chi connectivity index (χ2v) is 6.71. The van der Waals surface area contributed by atoms with E-state index in [4.69, 9.17) is 14.6 Å². The van der Waals surface area contributed by atoms with E-state index in [1.165, 1.54) is 0 Å². The maximum atomic E-state index is 12.4. The van der Waals surface area contributed by atoms with E-state index in [1.54, 1.807) is 27.7 Å². The normalized spacial score (nSPS) is 13.7. The molecule has 6 nitrogen and oxygen atoms in total. The Morgan fingerprint density at radius 2 is 1.83 bits per heavy atom. The van der Waals surface area contributed by atoms with E-state index >= 15 is 0 Å². The van der Waals surface area contributed by atoms with Crippen molar-refractivity contribution >= 4 is 12.1 Å². The molecule has 0 spiro atoms. The topological polar surface area (TPSA) is 84.9 Å². The Morgan fingerprint density at radius 1 is 1.21 bits per heavy atom. The Hall–Kier alpha value is -2.08. The molecule has 0 saturated heterocycles. The number of rotatable bonds is 7. The maximum Gasteiger partial charge on any atom is 0.408 e. The summed E-state index contributed by atoms with van der Waals surface area (Å²) in [6, 6.07) is 8.40. The lowest BCUT2D eigenvalue weighted by molar-refractivity contribution is -0.149. The van der Waals surface area contributed by atoms with Gasteiger partial charge in [-0.3, -0.25) is 0 Å². The highest BCUT2D eigenvalue weighted by Crippen LogP contribution is 2.13. The molecule has 24 heavy (non-hydrogen) atoms. The van der Waals surface area contributed by atoms with E-state index < -0.39 is 23.7 Å². The van der Waals surface area contributed by atoms with Gasteiger partial charge in [-0.2, -0.15) is 0 Å². The highest BCUT2D eigenvalue weighted by molar-refractivity contribution is 5.81. The number of carbonyl (C=O) groups excluding carboxylic acids is 2. The number of alkyl carbamates (subject to hydrolysis) is 1. The van der Waals surface area contributed by atoms with Crippen molar-refractivity contribution in [2.45, 2.75) is 52.4 Å². The molecule has 0 unspecified atom stereocenters. The molecular formula is C18H27NO5. The third-order valence-corrected chi connectivity index (χ3v) is 3.30. The smallest absolute Gasteiger partial charge is 0.408 e. The average Bonchev–Trinajstić information content (AvgIpc) is 2.50. The molecule has 2 N–H and O–H groups in total. The summed E-state index contributed by atoms with van der Waals surface area (Å²) >= 11 is 0. The van der Waals surface area contributed by atoms with Gasteiger partial charge >= 0.3 is 12.1 Å². The molecule has 1 aromatic carbocycles. The monoisotopic (exact) mass is 337 g/mol. The molecule has 0 fully saturated rings. The van der Waals surface area contributed by atoms with Gasteiger partial charge in [-0.05, 0) is 38.7 Å². The van der Waals surface area contributed by atoms with E-state index in [0.717, 1.165) is 5.56 Å². The Morgan fingerprint density at radius 3 is 2.38 bits per heavy atom. The minimum atomic E-state index is -0.879. The molecule has 134 valence electrons. The van der Waals surface area contributed by atoms with Crippen LogP contribution in [0.15, 0.2) is 30.3 Å². The molecule has 1 rings (SSSR count). The van der Waals surface area contributed by atoms with E-state index in [0.29, 0.717) is 6.42 Å². The van der Waals surface area contributed by atoms with Crippen LogP contribution in [0.25, 0.3) is 0 Å². The zero-order chi connectivity index (χ0) is 18.2. The second kappa shape index (κ2) is 9.27. The predicted molar refractivity (Wildman–Crippen MR) is 90.3 cm³/mol. The van der Waals surface area contributed by atoms with Crippen molar-refractivity contribution in [3.63, 3.8) is 0 Å². The van der Waals surface area contributed by atoms with Crippen LogP contribution in [0.1, 0.15) is 39.7 Å². The lowest BCUT2D eigenvalue weighted by Crippen LogP contribution is -2.48. The molecule has 0 bridgehead atoms. The number of aliphatic hydroxyl groups is 1. The zero-order valence-corrected chi connectivity index (χ0v) is 14.7. The summed E-state index contributed by atoms with van der Waals surface area (Å²) < 4.78 is 10.5. The van der Waals surface area contributed by atoms with Gasteiger partial charge < -0.3 is 19.9 Å². The minimum absolute atomic E-state index is 0.0837. The van der Waals surface area contributed by atoms with Crippen molar-refractivity contribution in [3.8, 4) is 0 Å². The lowest BCUT2D eigenvalue weighted by Gasteiger charge is -2.26. The van der Waals surface area contributed by atoms with Gasteiger partial charge in [-0.1, -0.05) is 37.3 Å². The molecule has 6 heteroatoms. The van der Waals surface area contributed by atoms with Crippen LogP contribution in [-0.2, 0) is 20.9 Å². The Labute approximate surface area is 143 Å². The molecule has 0 heterocycles. The van der Waals surface area contributed by atoms with Crippen LogP contribution in [0, 0.1) is 5.92 Å². The fourth-order valence-electron chi connectivity index (χ4n) is 2.06. The summed E-state index contributed by atoms with van der Waals surface area (Å²) in [5.74, 6) is -0.837. The second-order valence-electron chi connectivity index (χ2n) is 6.71. The van der Waals surface area contributed by atoms with Gasteiger partial charge in [0.1, 0.15) is 18.2 Å². The van der Waals surface area contributed by atoms with Gasteiger partial charge in [0.25, 0.3) is 0 Å². The number of ether oxygens (including phenoxy) is 2. The highest BCUT2D eigenvalue weighted by atomic mass is 16.6. The fourth-order valence-corrected chi connectivity index (χ4v) is 2.06. The van der Waals surface area contributed by atoms with Gasteiger partial charge in [0.05, 0.1) is 0 Å². The average molecular weight is 337 g/mol. The summed E-state index contributed by atoms with van der Waals surface area (Å²) in [7, 11) is 0. The molecule has 0 aliphatic rings. The zero-order valence-electron chi connectivity index (χ0n) is 14.7. The van der Waals surface area contributed by atoms with Crippen LogP contribution < -0.4 is 5.32 Å². The van der Waals surface area contributed by atoms with Crippen molar-refractivity contribution in [2.75, 3.05) is 6.61 Å². The van der Waals surface area contributed by atoms with E-state index in [1.807, 2.05) is 30.3 Å². The van der Waals surface area contributed by atoms with Crippen LogP contribution in [0.5, 0.6) is 0 Å². The first kappa shape index (κ1) is 20.0. The number of benzene rings is 1. The molecule has 1 amide bonds. The van der Waals surface area contributed by atoms with Crippen LogP contribution >= 0.6 is 0 Å². The molecule has 0 radical (unpaired) electrons. The Bertz CT molecular complexity index is 524. The number of hydrogen-bond acceptors (Lipinski definition) is 5. The number of hydrogen-bond donors (Lipinski definition) is 2. The van der Waals surface area contributed by atoms with Crippen LogP contribution in [0.4, 0.5) is 4.79 Å². The third-order valence-electron chi connectivity index (χ3n) is 3.30. The van der Waals surface area contributed by atoms with Crippen LogP contribution in [0.2, 0.25) is 0 Å². The van der Waals surface area contributed by atoms with Gasteiger partial charge in [-0.15, -0.1) is 0 Å². The molecular weight excluding hydrogens is 310 g/mol. The first-order valence-electron chi connectivity index (χ1n) is 8.04. The number of carbonyl (C=O) groups is 2. The van der Waals surface area contributed by atoms with Gasteiger partial charge in [0.2, 0.25) is 0 Å². The lowest BCUT2D eigenvalue weighted by atomic mass is 9.99. The molecule has 0 aromatic heterocycles. The summed E-state index contributed by atoms with van der Waals surface area (Å²) in [5, 5.41) is 11.6. The number of esters is 1. The highest BCUT2D eigenvalue weighted by Gasteiger charge is 2.30. The minimum Gasteiger partial charge on any atom is -0.459 e. The molecule has 2 atom stereocenters. The molecule has 1 aromatic rings. The number of nitrogens with one attached hydrogen (secondary N) is 1. The first-order valence-corrected chi connectivity index (χ1v) is 8.04. The SMILES string of the molecule is C[C@@H](CCO)[C@H](NC(=O)OC(C)(C)C)C(=O)OCc1ccccc1. The third kappa shape index (κ3) is 7.46. The van der Waals surface area contributed by atoms with Crippen molar-refractivity contribution in [1.29, 1.82) is 0 Å². The van der Waals surface area contributed by atoms with E-state index in [-0.39, 0.29) is 19.1 Å². The van der Waals surface area contributed by atoms with Crippen molar-refractivity contribution in [2.24, 2.45) is 5.92 Å². The van der Waals surface area contributed by atoms with Crippen LogP contribution in [-0.4, -0.2) is 35.4 Å². The summed E-state index contributed by atoms with van der Waals surface area (Å²) in [5.41, 5.74) is 0.194. The quantitative estimate of drug-likeness (QED) is 0.747. The summed E-state index contributed by atoms with van der Waals surface area (Å²) in [6.45, 7) is 7.03. The molecule has 0 aliphatic heterocycles. The summed E-state index contributed by atoms with van der Waals surface area (Å²) in [6.07, 6.45) is -0.324. The Kier molecular flexibility index (Phi) is 7.71. The Balaban J connectivity index is 2.69. The van der Waals surface area contributed by atoms with Crippen molar-refractivity contribution in [1.82, 2.24) is 5.32 Å². The first-order chi connectivity index (χ1) is 11.2. The molecule has 0 saturated carbocycles. The number of amides is 1. The van der Waals surface area contributed by atoms with Crippen molar-refractivity contribution < 1.29 is 24.2 Å². The van der Waals surface area contributed by atoms with E-state index in [2.05, 4.69) is 5.32 Å². The maximum absolute atomic E-state index is 12.4. The fraction of sp³-hybridized carbons (Fsp3) is 0.556. The van der Waals surface area contributed by atoms with Crippen molar-refractivity contribution in [3.05, 3.63) is 35.9 Å². The predicted octanol–water partition coefficient (Wildman–Crippen LogP) is 2.64. The standard InChI is InChI=1S/C18H27NO5/c1-13(10-11-20)15(19-17(22)24-18(2,3)4)16(21)23-12-14-8-6-5-7-9-14/h5-9,13,15,20H,10-12H2,1-4H3,(H,19,22)/t13-,15-/m0/s1. The number of aliphatic hydroxyl groups excluding tert-OH is 1.